The van der Waals surface area contributed by atoms with Crippen molar-refractivity contribution in [1.29, 1.82) is 0 Å². The fourth-order valence-corrected chi connectivity index (χ4v) is 4.39. The Morgan fingerprint density at radius 1 is 1.21 bits per heavy atom. The van der Waals surface area contributed by atoms with Crippen LogP contribution in [0.1, 0.15) is 37.7 Å². The summed E-state index contributed by atoms with van der Waals surface area (Å²) in [6, 6.07) is 3.45. The lowest BCUT2D eigenvalue weighted by molar-refractivity contribution is 0.149. The van der Waals surface area contributed by atoms with Crippen LogP contribution in [0.15, 0.2) is 40.4 Å². The number of aromatic amines is 1. The Hall–Kier alpha value is -2.61. The van der Waals surface area contributed by atoms with Crippen molar-refractivity contribution in [3.8, 4) is 17.1 Å². The van der Waals surface area contributed by atoms with E-state index >= 15 is 0 Å². The molecule has 3 heterocycles. The van der Waals surface area contributed by atoms with Crippen molar-refractivity contribution < 1.29 is 13.2 Å². The van der Waals surface area contributed by atoms with Crippen molar-refractivity contribution in [3.05, 3.63) is 46.6 Å². The molecule has 0 spiro atoms. The van der Waals surface area contributed by atoms with Crippen LogP contribution in [-0.2, 0) is 9.84 Å². The summed E-state index contributed by atoms with van der Waals surface area (Å²) < 4.78 is 32.1. The summed E-state index contributed by atoms with van der Waals surface area (Å²) in [5.41, 5.74) is 2.37. The predicted octanol–water partition coefficient (Wildman–Crippen LogP) is 3.11. The molecule has 0 unspecified atom stereocenters. The van der Waals surface area contributed by atoms with E-state index in [9.17, 15) is 13.2 Å². The van der Waals surface area contributed by atoms with Gasteiger partial charge in [-0.2, -0.15) is 0 Å². The summed E-state index contributed by atoms with van der Waals surface area (Å²) >= 11 is 0. The molecule has 0 aliphatic heterocycles. The highest BCUT2D eigenvalue weighted by atomic mass is 32.2. The Bertz CT molecular complexity index is 1190. The first-order chi connectivity index (χ1) is 13.3. The molecule has 3 aromatic heterocycles. The Morgan fingerprint density at radius 2 is 1.96 bits per heavy atom. The predicted molar refractivity (Wildman–Crippen MR) is 107 cm³/mol. The topological polar surface area (TPSA) is 93.5 Å². The molecule has 0 aromatic carbocycles. The molecule has 3 aromatic rings. The molecule has 1 N–H and O–H groups in total. The highest BCUT2D eigenvalue weighted by Crippen LogP contribution is 2.34. The summed E-state index contributed by atoms with van der Waals surface area (Å²) in [6.07, 6.45) is 11.2. The van der Waals surface area contributed by atoms with Gasteiger partial charge in [-0.05, 0) is 50.3 Å². The number of nitrogens with one attached hydrogen (secondary N) is 1. The van der Waals surface area contributed by atoms with Crippen LogP contribution in [-0.4, -0.2) is 35.1 Å². The molecular weight excluding hydrogens is 378 g/mol. The van der Waals surface area contributed by atoms with Crippen LogP contribution in [0, 0.1) is 6.92 Å². The molecule has 7 nitrogen and oxygen atoms in total. The second-order valence-corrected chi connectivity index (χ2v) is 9.41. The summed E-state index contributed by atoms with van der Waals surface area (Å²) in [5.74, 6) is 0.402. The molecule has 1 aliphatic rings. The molecule has 1 fully saturated rings. The third-order valence-corrected chi connectivity index (χ3v) is 6.32. The van der Waals surface area contributed by atoms with E-state index in [1.54, 1.807) is 22.9 Å². The van der Waals surface area contributed by atoms with Gasteiger partial charge in [-0.1, -0.05) is 6.42 Å². The van der Waals surface area contributed by atoms with Gasteiger partial charge < -0.3 is 14.1 Å². The van der Waals surface area contributed by atoms with Gasteiger partial charge in [0, 0.05) is 24.8 Å². The highest BCUT2D eigenvalue weighted by Gasteiger charge is 2.22. The molecular formula is C20H23N3O4S. The number of nitrogens with zero attached hydrogens (tertiary/aromatic N) is 2. The minimum Gasteiger partial charge on any atom is -0.474 e. The zero-order valence-corrected chi connectivity index (χ0v) is 16.8. The van der Waals surface area contributed by atoms with Crippen molar-refractivity contribution >= 4 is 15.4 Å². The molecule has 1 aliphatic carbocycles. The Morgan fingerprint density at radius 3 is 2.68 bits per heavy atom. The summed E-state index contributed by atoms with van der Waals surface area (Å²) in [4.78, 5) is 19.4. The summed E-state index contributed by atoms with van der Waals surface area (Å²) in [6.45, 7) is 1.85. The molecule has 0 atom stereocenters. The number of hydrogen-bond donors (Lipinski definition) is 1. The average Bonchev–Trinajstić information content (AvgIpc) is 3.00. The second kappa shape index (κ2) is 7.09. The van der Waals surface area contributed by atoms with Gasteiger partial charge in [-0.25, -0.2) is 13.4 Å². The van der Waals surface area contributed by atoms with Crippen molar-refractivity contribution in [2.75, 3.05) is 6.26 Å². The lowest BCUT2D eigenvalue weighted by atomic mass is 9.98. The van der Waals surface area contributed by atoms with E-state index < -0.39 is 9.84 Å². The molecule has 8 heteroatoms. The fourth-order valence-electron chi connectivity index (χ4n) is 3.81. The van der Waals surface area contributed by atoms with Gasteiger partial charge in [0.2, 0.25) is 5.88 Å². The number of rotatable bonds is 4. The first-order valence-electron chi connectivity index (χ1n) is 9.41. The van der Waals surface area contributed by atoms with Crippen LogP contribution in [0.3, 0.4) is 0 Å². The lowest BCUT2D eigenvalue weighted by Gasteiger charge is -2.23. The largest absolute Gasteiger partial charge is 0.474 e. The molecule has 148 valence electrons. The van der Waals surface area contributed by atoms with Gasteiger partial charge >= 0.3 is 0 Å². The van der Waals surface area contributed by atoms with Crippen molar-refractivity contribution in [1.82, 2.24) is 14.4 Å². The van der Waals surface area contributed by atoms with Crippen LogP contribution < -0.4 is 10.3 Å². The van der Waals surface area contributed by atoms with Gasteiger partial charge in [-0.15, -0.1) is 0 Å². The molecule has 0 bridgehead atoms. The molecule has 28 heavy (non-hydrogen) atoms. The number of aryl methyl sites for hydroxylation is 1. The van der Waals surface area contributed by atoms with Gasteiger partial charge in [-0.3, -0.25) is 4.79 Å². The van der Waals surface area contributed by atoms with E-state index in [1.165, 1.54) is 12.6 Å². The van der Waals surface area contributed by atoms with Crippen LogP contribution in [0.25, 0.3) is 16.8 Å². The quantitative estimate of drug-likeness (QED) is 0.725. The molecule has 1 saturated carbocycles. The fraction of sp³-hybridized carbons (Fsp3) is 0.400. The molecule has 4 rings (SSSR count). The lowest BCUT2D eigenvalue weighted by Crippen LogP contribution is -2.20. The number of H-pyrrole nitrogens is 1. The zero-order chi connectivity index (χ0) is 19.9. The highest BCUT2D eigenvalue weighted by molar-refractivity contribution is 7.90. The molecule has 0 amide bonds. The van der Waals surface area contributed by atoms with Gasteiger partial charge in [0.1, 0.15) is 11.6 Å². The monoisotopic (exact) mass is 401 g/mol. The third-order valence-electron chi connectivity index (χ3n) is 5.24. The number of pyridine rings is 1. The normalized spacial score (nSPS) is 15.8. The summed E-state index contributed by atoms with van der Waals surface area (Å²) in [5, 5.41) is 0. The first kappa shape index (κ1) is 18.7. The van der Waals surface area contributed by atoms with Crippen LogP contribution in [0.4, 0.5) is 0 Å². The number of aromatic nitrogens is 3. The van der Waals surface area contributed by atoms with E-state index in [0.717, 1.165) is 37.5 Å². The maximum atomic E-state index is 12.3. The molecule has 0 saturated heterocycles. The third kappa shape index (κ3) is 3.44. The van der Waals surface area contributed by atoms with Crippen LogP contribution >= 0.6 is 0 Å². The average molecular weight is 401 g/mol. The maximum Gasteiger partial charge on any atom is 0.272 e. The SMILES string of the molecule is Cc1cc(-c2cc(S(C)(=O)=O)cnc2OC2CCCCC2)n2cc[nH]c(=O)c12. The molecule has 0 radical (unpaired) electrons. The van der Waals surface area contributed by atoms with Gasteiger partial charge in [0.15, 0.2) is 9.84 Å². The number of hydrogen-bond acceptors (Lipinski definition) is 5. The number of ether oxygens (including phenoxy) is 1. The van der Waals surface area contributed by atoms with E-state index in [2.05, 4.69) is 9.97 Å². The van der Waals surface area contributed by atoms with Gasteiger partial charge in [0.05, 0.1) is 16.2 Å². The Labute approximate surface area is 163 Å². The van der Waals surface area contributed by atoms with E-state index in [-0.39, 0.29) is 16.6 Å². The Kier molecular flexibility index (Phi) is 4.74. The van der Waals surface area contributed by atoms with Crippen LogP contribution in [0.5, 0.6) is 5.88 Å². The van der Waals surface area contributed by atoms with Crippen LogP contribution in [0.2, 0.25) is 0 Å². The first-order valence-corrected chi connectivity index (χ1v) is 11.3. The van der Waals surface area contributed by atoms with E-state index in [0.29, 0.717) is 22.7 Å². The van der Waals surface area contributed by atoms with E-state index in [4.69, 9.17) is 4.74 Å². The van der Waals surface area contributed by atoms with Crippen molar-refractivity contribution in [3.63, 3.8) is 0 Å². The Balaban J connectivity index is 1.90. The minimum absolute atomic E-state index is 0.0693. The standard InChI is InChI=1S/C20H23N3O4S/c1-13-10-17(23-9-8-21-19(24)18(13)23)16-11-15(28(2,25)26)12-22-20(16)27-14-6-4-3-5-7-14/h8-12,14H,3-7H2,1-2H3,(H,21,24). The number of sulfone groups is 1. The van der Waals surface area contributed by atoms with Gasteiger partial charge in [0.25, 0.3) is 5.56 Å². The van der Waals surface area contributed by atoms with Crippen molar-refractivity contribution in [2.45, 2.75) is 50.0 Å². The second-order valence-electron chi connectivity index (χ2n) is 7.39. The minimum atomic E-state index is -3.43. The zero-order valence-electron chi connectivity index (χ0n) is 15.9. The smallest absolute Gasteiger partial charge is 0.272 e. The summed E-state index contributed by atoms with van der Waals surface area (Å²) in [7, 11) is -3.43. The van der Waals surface area contributed by atoms with Crippen molar-refractivity contribution in [2.24, 2.45) is 0 Å². The maximum absolute atomic E-state index is 12.3. The number of fused-ring (bicyclic) bond motifs is 1. The van der Waals surface area contributed by atoms with E-state index in [1.807, 2.05) is 13.0 Å².